The highest BCUT2D eigenvalue weighted by Gasteiger charge is 2.28. The summed E-state index contributed by atoms with van der Waals surface area (Å²) in [4.78, 5) is 12.7. The fourth-order valence-corrected chi connectivity index (χ4v) is 3.72. The van der Waals surface area contributed by atoms with Crippen molar-refractivity contribution in [2.75, 3.05) is 0 Å². The van der Waals surface area contributed by atoms with Crippen molar-refractivity contribution in [3.8, 4) is 0 Å². The highest BCUT2D eigenvalue weighted by Crippen LogP contribution is 2.27. The number of rotatable bonds is 5. The summed E-state index contributed by atoms with van der Waals surface area (Å²) in [5, 5.41) is 5.72. The van der Waals surface area contributed by atoms with E-state index in [0.29, 0.717) is 0 Å². The molecular formula is C22H31NO. The second-order valence-corrected chi connectivity index (χ2v) is 8.85. The number of fused-ring (bicyclic) bond motifs is 1. The molecule has 0 aliphatic rings. The van der Waals surface area contributed by atoms with Gasteiger partial charge in [0.15, 0.2) is 0 Å². The van der Waals surface area contributed by atoms with Crippen molar-refractivity contribution in [2.24, 2.45) is 11.3 Å². The topological polar surface area (TPSA) is 29.1 Å². The Kier molecular flexibility index (Phi) is 5.37. The maximum absolute atomic E-state index is 12.7. The summed E-state index contributed by atoms with van der Waals surface area (Å²) >= 11 is 0. The molecule has 130 valence electrons. The lowest BCUT2D eigenvalue weighted by molar-refractivity contribution is -0.126. The molecule has 2 rings (SSSR count). The minimum Gasteiger partial charge on any atom is -0.351 e. The van der Waals surface area contributed by atoms with E-state index in [0.717, 1.165) is 12.8 Å². The quantitative estimate of drug-likeness (QED) is 0.789. The van der Waals surface area contributed by atoms with Gasteiger partial charge in [0.05, 0.1) is 0 Å². The molecule has 0 heterocycles. The number of hydrogen-bond donors (Lipinski definition) is 1. The van der Waals surface area contributed by atoms with Crippen LogP contribution in [0.4, 0.5) is 0 Å². The van der Waals surface area contributed by atoms with Crippen LogP contribution in [-0.2, 0) is 11.2 Å². The van der Waals surface area contributed by atoms with E-state index < -0.39 is 0 Å². The van der Waals surface area contributed by atoms with Gasteiger partial charge in [-0.15, -0.1) is 0 Å². The van der Waals surface area contributed by atoms with Gasteiger partial charge in [0.25, 0.3) is 0 Å². The van der Waals surface area contributed by atoms with Gasteiger partial charge in [-0.25, -0.2) is 0 Å². The van der Waals surface area contributed by atoms with Crippen molar-refractivity contribution < 1.29 is 4.79 Å². The molecular weight excluding hydrogens is 294 g/mol. The maximum atomic E-state index is 12.7. The van der Waals surface area contributed by atoms with E-state index in [9.17, 15) is 4.79 Å². The first-order valence-corrected chi connectivity index (χ1v) is 8.86. The molecule has 1 atom stereocenters. The van der Waals surface area contributed by atoms with Gasteiger partial charge in [0, 0.05) is 11.5 Å². The summed E-state index contributed by atoms with van der Waals surface area (Å²) in [7, 11) is 0. The predicted molar refractivity (Wildman–Crippen MR) is 103 cm³/mol. The Morgan fingerprint density at radius 3 is 2.29 bits per heavy atom. The summed E-state index contributed by atoms with van der Waals surface area (Å²) in [5.74, 6) is 0.0900. The molecule has 2 aromatic rings. The third-order valence-corrected chi connectivity index (χ3v) is 4.29. The zero-order valence-corrected chi connectivity index (χ0v) is 15.9. The zero-order chi connectivity index (χ0) is 18.0. The van der Waals surface area contributed by atoms with Crippen molar-refractivity contribution >= 4 is 16.7 Å². The number of hydrogen-bond acceptors (Lipinski definition) is 1. The lowest BCUT2D eigenvalue weighted by Crippen LogP contribution is -2.48. The van der Waals surface area contributed by atoms with Crippen LogP contribution < -0.4 is 5.32 Å². The van der Waals surface area contributed by atoms with E-state index in [2.05, 4.69) is 82.4 Å². The van der Waals surface area contributed by atoms with Gasteiger partial charge in [-0.05, 0) is 48.4 Å². The molecule has 0 bridgehead atoms. The molecule has 2 nitrogen and oxygen atoms in total. The second-order valence-electron chi connectivity index (χ2n) is 8.85. The summed E-state index contributed by atoms with van der Waals surface area (Å²) in [5.41, 5.74) is 1.24. The zero-order valence-electron chi connectivity index (χ0n) is 15.9. The lowest BCUT2D eigenvalue weighted by atomic mass is 9.81. The van der Waals surface area contributed by atoms with Gasteiger partial charge >= 0.3 is 0 Å². The first-order valence-electron chi connectivity index (χ1n) is 8.86. The van der Waals surface area contributed by atoms with E-state index >= 15 is 0 Å². The van der Waals surface area contributed by atoms with Crippen LogP contribution in [0.15, 0.2) is 42.5 Å². The minimum atomic E-state index is -0.192. The van der Waals surface area contributed by atoms with Gasteiger partial charge in [-0.2, -0.15) is 0 Å². The second kappa shape index (κ2) is 6.96. The number of carbonyl (C=O) groups is 1. The normalized spacial score (nSPS) is 13.8. The molecule has 1 amide bonds. The Morgan fingerprint density at radius 1 is 1.00 bits per heavy atom. The molecule has 2 aromatic carbocycles. The molecule has 0 saturated heterocycles. The van der Waals surface area contributed by atoms with E-state index in [1.54, 1.807) is 0 Å². The maximum Gasteiger partial charge on any atom is 0.223 e. The average Bonchev–Trinajstić information content (AvgIpc) is 2.44. The fraction of sp³-hybridized carbons (Fsp3) is 0.500. The molecule has 0 saturated carbocycles. The molecule has 0 radical (unpaired) electrons. The standard InChI is InChI=1S/C22H31NO/c1-16(20(24)23-22(5,6)15-21(2,3)4)14-18-12-9-11-17-10-7-8-13-19(17)18/h7-13,16H,14-15H2,1-6H3,(H,23,24)/t16-/m0/s1. The molecule has 0 fully saturated rings. The van der Waals surface area contributed by atoms with Crippen LogP contribution in [0.1, 0.15) is 53.5 Å². The Balaban J connectivity index is 2.08. The van der Waals surface area contributed by atoms with E-state index in [4.69, 9.17) is 0 Å². The van der Waals surface area contributed by atoms with Crippen molar-refractivity contribution in [2.45, 2.75) is 59.9 Å². The highest BCUT2D eigenvalue weighted by molar-refractivity contribution is 5.86. The monoisotopic (exact) mass is 325 g/mol. The van der Waals surface area contributed by atoms with Gasteiger partial charge < -0.3 is 5.32 Å². The molecule has 24 heavy (non-hydrogen) atoms. The van der Waals surface area contributed by atoms with Crippen molar-refractivity contribution in [3.05, 3.63) is 48.0 Å². The van der Waals surface area contributed by atoms with Crippen LogP contribution in [-0.4, -0.2) is 11.4 Å². The van der Waals surface area contributed by atoms with Gasteiger partial charge in [0.1, 0.15) is 0 Å². The summed E-state index contributed by atoms with van der Waals surface area (Å²) in [6.07, 6.45) is 1.71. The van der Waals surface area contributed by atoms with E-state index in [1.807, 2.05) is 6.92 Å². The van der Waals surface area contributed by atoms with Crippen LogP contribution in [0.25, 0.3) is 10.8 Å². The summed E-state index contributed by atoms with van der Waals surface area (Å²) in [6, 6.07) is 14.7. The molecule has 0 aliphatic carbocycles. The lowest BCUT2D eigenvalue weighted by Gasteiger charge is -2.34. The van der Waals surface area contributed by atoms with E-state index in [1.165, 1.54) is 16.3 Å². The summed E-state index contributed by atoms with van der Waals surface area (Å²) in [6.45, 7) is 12.9. The smallest absolute Gasteiger partial charge is 0.223 e. The van der Waals surface area contributed by atoms with Crippen molar-refractivity contribution in [1.82, 2.24) is 5.32 Å². The number of carbonyl (C=O) groups excluding carboxylic acids is 1. The Hall–Kier alpha value is -1.83. The van der Waals surface area contributed by atoms with E-state index in [-0.39, 0.29) is 22.8 Å². The summed E-state index contributed by atoms with van der Waals surface area (Å²) < 4.78 is 0. The Morgan fingerprint density at radius 2 is 1.62 bits per heavy atom. The third-order valence-electron chi connectivity index (χ3n) is 4.29. The molecule has 0 spiro atoms. The Labute approximate surface area is 146 Å². The Bertz CT molecular complexity index is 704. The van der Waals surface area contributed by atoms with Crippen molar-refractivity contribution in [3.63, 3.8) is 0 Å². The number of amides is 1. The van der Waals surface area contributed by atoms with Gasteiger partial charge in [0.2, 0.25) is 5.91 Å². The predicted octanol–water partition coefficient (Wildman–Crippen LogP) is 5.35. The molecule has 0 aromatic heterocycles. The number of benzene rings is 2. The van der Waals surface area contributed by atoms with Crippen LogP contribution in [0.3, 0.4) is 0 Å². The van der Waals surface area contributed by atoms with Crippen LogP contribution in [0, 0.1) is 11.3 Å². The van der Waals surface area contributed by atoms with Crippen LogP contribution in [0.2, 0.25) is 0 Å². The first kappa shape index (κ1) is 18.5. The van der Waals surface area contributed by atoms with Gasteiger partial charge in [-0.1, -0.05) is 70.2 Å². The highest BCUT2D eigenvalue weighted by atomic mass is 16.2. The number of nitrogens with one attached hydrogen (secondary N) is 1. The fourth-order valence-electron chi connectivity index (χ4n) is 3.72. The van der Waals surface area contributed by atoms with Crippen LogP contribution >= 0.6 is 0 Å². The minimum absolute atomic E-state index is 0.0463. The molecule has 0 unspecified atom stereocenters. The van der Waals surface area contributed by atoms with Crippen molar-refractivity contribution in [1.29, 1.82) is 0 Å². The molecule has 1 N–H and O–H groups in total. The SMILES string of the molecule is C[C@@H](Cc1cccc2ccccc12)C(=O)NC(C)(C)CC(C)(C)C. The largest absolute Gasteiger partial charge is 0.351 e. The molecule has 2 heteroatoms. The van der Waals surface area contributed by atoms with Crippen LogP contribution in [0.5, 0.6) is 0 Å². The molecule has 0 aliphatic heterocycles. The average molecular weight is 325 g/mol. The third kappa shape index (κ3) is 5.09. The van der Waals surface area contributed by atoms with Gasteiger partial charge in [-0.3, -0.25) is 4.79 Å². The first-order chi connectivity index (χ1) is 11.1.